The SMILES string of the molecule is CC(NC(=O)CCNc1ccccc1C(C)(C)C)c1ccccc1. The lowest BCUT2D eigenvalue weighted by Crippen LogP contribution is -2.28. The Kier molecular flexibility index (Phi) is 6.02. The van der Waals surface area contributed by atoms with Gasteiger partial charge in [-0.3, -0.25) is 4.79 Å². The summed E-state index contributed by atoms with van der Waals surface area (Å²) >= 11 is 0. The minimum atomic E-state index is 0.0283. The lowest BCUT2D eigenvalue weighted by atomic mass is 9.86. The standard InChI is InChI=1S/C21H28N2O/c1-16(17-10-6-5-7-11-17)23-20(24)14-15-22-19-13-9-8-12-18(19)21(2,3)4/h5-13,16,22H,14-15H2,1-4H3,(H,23,24). The van der Waals surface area contributed by atoms with Crippen LogP contribution in [0.15, 0.2) is 54.6 Å². The minimum absolute atomic E-state index is 0.0283. The number of hydrogen-bond donors (Lipinski definition) is 2. The van der Waals surface area contributed by atoms with Gasteiger partial charge in [0.15, 0.2) is 0 Å². The maximum atomic E-state index is 12.1. The molecule has 2 aromatic carbocycles. The molecule has 1 atom stereocenters. The Morgan fingerprint density at radius 3 is 2.29 bits per heavy atom. The van der Waals surface area contributed by atoms with Gasteiger partial charge in [0.2, 0.25) is 5.91 Å². The summed E-state index contributed by atoms with van der Waals surface area (Å²) in [6.45, 7) is 9.22. The van der Waals surface area contributed by atoms with Crippen LogP contribution in [0, 0.1) is 0 Å². The third-order valence-corrected chi connectivity index (χ3v) is 4.08. The van der Waals surface area contributed by atoms with Crippen molar-refractivity contribution in [3.05, 3.63) is 65.7 Å². The van der Waals surface area contributed by atoms with E-state index in [9.17, 15) is 4.79 Å². The summed E-state index contributed by atoms with van der Waals surface area (Å²) in [6, 6.07) is 18.3. The van der Waals surface area contributed by atoms with E-state index < -0.39 is 0 Å². The van der Waals surface area contributed by atoms with Crippen LogP contribution in [0.3, 0.4) is 0 Å². The van der Waals surface area contributed by atoms with Gasteiger partial charge in [0.25, 0.3) is 0 Å². The molecule has 0 saturated heterocycles. The number of rotatable bonds is 6. The van der Waals surface area contributed by atoms with E-state index >= 15 is 0 Å². The molecule has 2 aromatic rings. The normalized spacial score (nSPS) is 12.5. The Hall–Kier alpha value is -2.29. The van der Waals surface area contributed by atoms with Crippen molar-refractivity contribution in [2.45, 2.75) is 45.6 Å². The van der Waals surface area contributed by atoms with Crippen LogP contribution in [0.4, 0.5) is 5.69 Å². The van der Waals surface area contributed by atoms with Crippen molar-refractivity contribution in [1.82, 2.24) is 5.32 Å². The third kappa shape index (κ3) is 5.12. The summed E-state index contributed by atoms with van der Waals surface area (Å²) < 4.78 is 0. The van der Waals surface area contributed by atoms with Gasteiger partial charge in [-0.05, 0) is 29.5 Å². The summed E-state index contributed by atoms with van der Waals surface area (Å²) in [6.07, 6.45) is 0.454. The molecule has 0 aromatic heterocycles. The zero-order valence-electron chi connectivity index (χ0n) is 15.1. The first-order valence-corrected chi connectivity index (χ1v) is 8.55. The molecule has 0 heterocycles. The van der Waals surface area contributed by atoms with Gasteiger partial charge >= 0.3 is 0 Å². The second-order valence-corrected chi connectivity index (χ2v) is 7.17. The number of nitrogens with one attached hydrogen (secondary N) is 2. The molecule has 0 aliphatic heterocycles. The van der Waals surface area contributed by atoms with E-state index in [1.165, 1.54) is 5.56 Å². The van der Waals surface area contributed by atoms with Crippen molar-refractivity contribution in [1.29, 1.82) is 0 Å². The lowest BCUT2D eigenvalue weighted by molar-refractivity contribution is -0.121. The van der Waals surface area contributed by atoms with Crippen LogP contribution in [0.2, 0.25) is 0 Å². The molecule has 0 radical (unpaired) electrons. The molecule has 3 nitrogen and oxygen atoms in total. The van der Waals surface area contributed by atoms with Crippen LogP contribution in [-0.2, 0) is 10.2 Å². The van der Waals surface area contributed by atoms with Gasteiger partial charge in [0.05, 0.1) is 6.04 Å². The molecule has 3 heteroatoms. The molecule has 2 N–H and O–H groups in total. The second kappa shape index (κ2) is 8.00. The van der Waals surface area contributed by atoms with Gasteiger partial charge < -0.3 is 10.6 Å². The first-order chi connectivity index (χ1) is 11.4. The molecular weight excluding hydrogens is 296 g/mol. The van der Waals surface area contributed by atoms with Crippen molar-refractivity contribution in [3.63, 3.8) is 0 Å². The minimum Gasteiger partial charge on any atom is -0.384 e. The smallest absolute Gasteiger partial charge is 0.222 e. The zero-order chi connectivity index (χ0) is 17.6. The average Bonchev–Trinajstić information content (AvgIpc) is 2.55. The van der Waals surface area contributed by atoms with Gasteiger partial charge in [0.1, 0.15) is 0 Å². The number of amides is 1. The molecule has 0 aliphatic rings. The maximum absolute atomic E-state index is 12.1. The molecule has 128 valence electrons. The van der Waals surface area contributed by atoms with Gasteiger partial charge in [0, 0.05) is 18.7 Å². The van der Waals surface area contributed by atoms with E-state index in [-0.39, 0.29) is 17.4 Å². The molecule has 0 fully saturated rings. The maximum Gasteiger partial charge on any atom is 0.222 e. The number of benzene rings is 2. The van der Waals surface area contributed by atoms with Gasteiger partial charge in [-0.2, -0.15) is 0 Å². The van der Waals surface area contributed by atoms with Crippen molar-refractivity contribution in [2.24, 2.45) is 0 Å². The van der Waals surface area contributed by atoms with Crippen molar-refractivity contribution < 1.29 is 4.79 Å². The van der Waals surface area contributed by atoms with E-state index in [4.69, 9.17) is 0 Å². The molecular formula is C21H28N2O. The average molecular weight is 324 g/mol. The van der Waals surface area contributed by atoms with E-state index in [2.05, 4.69) is 49.6 Å². The quantitative estimate of drug-likeness (QED) is 0.811. The second-order valence-electron chi connectivity index (χ2n) is 7.17. The Bertz CT molecular complexity index is 659. The van der Waals surface area contributed by atoms with Gasteiger partial charge in [-0.15, -0.1) is 0 Å². The van der Waals surface area contributed by atoms with E-state index in [1.54, 1.807) is 0 Å². The highest BCUT2D eigenvalue weighted by Gasteiger charge is 2.17. The Morgan fingerprint density at radius 1 is 1.00 bits per heavy atom. The summed E-state index contributed by atoms with van der Waals surface area (Å²) in [4.78, 5) is 12.1. The van der Waals surface area contributed by atoms with Crippen LogP contribution in [-0.4, -0.2) is 12.5 Å². The first kappa shape index (κ1) is 18.1. The van der Waals surface area contributed by atoms with E-state index in [0.717, 1.165) is 11.3 Å². The zero-order valence-corrected chi connectivity index (χ0v) is 15.1. The number of carbonyl (C=O) groups is 1. The fourth-order valence-corrected chi connectivity index (χ4v) is 2.74. The van der Waals surface area contributed by atoms with E-state index in [0.29, 0.717) is 13.0 Å². The highest BCUT2D eigenvalue weighted by atomic mass is 16.1. The Balaban J connectivity index is 1.85. The summed E-state index contributed by atoms with van der Waals surface area (Å²) in [5.74, 6) is 0.0621. The topological polar surface area (TPSA) is 41.1 Å². The van der Waals surface area contributed by atoms with Crippen LogP contribution in [0.5, 0.6) is 0 Å². The van der Waals surface area contributed by atoms with Crippen LogP contribution < -0.4 is 10.6 Å². The number of para-hydroxylation sites is 1. The fourth-order valence-electron chi connectivity index (χ4n) is 2.74. The fraction of sp³-hybridized carbons (Fsp3) is 0.381. The molecule has 0 aliphatic carbocycles. The lowest BCUT2D eigenvalue weighted by Gasteiger charge is -2.23. The predicted molar refractivity (Wildman–Crippen MR) is 101 cm³/mol. The van der Waals surface area contributed by atoms with Crippen molar-refractivity contribution in [3.8, 4) is 0 Å². The van der Waals surface area contributed by atoms with Crippen molar-refractivity contribution >= 4 is 11.6 Å². The van der Waals surface area contributed by atoms with Crippen LogP contribution >= 0.6 is 0 Å². The Labute approximate surface area is 145 Å². The number of anilines is 1. The van der Waals surface area contributed by atoms with Gasteiger partial charge in [-0.1, -0.05) is 69.3 Å². The molecule has 2 rings (SSSR count). The summed E-state index contributed by atoms with van der Waals surface area (Å²) in [5.41, 5.74) is 3.57. The predicted octanol–water partition coefficient (Wildman–Crippen LogP) is 4.66. The van der Waals surface area contributed by atoms with Crippen molar-refractivity contribution in [2.75, 3.05) is 11.9 Å². The molecule has 0 bridgehead atoms. The number of carbonyl (C=O) groups excluding carboxylic acids is 1. The van der Waals surface area contributed by atoms with E-state index in [1.807, 2.05) is 43.3 Å². The largest absolute Gasteiger partial charge is 0.384 e. The molecule has 0 spiro atoms. The monoisotopic (exact) mass is 324 g/mol. The van der Waals surface area contributed by atoms with Gasteiger partial charge in [-0.25, -0.2) is 0 Å². The number of hydrogen-bond acceptors (Lipinski definition) is 2. The molecule has 1 unspecified atom stereocenters. The van der Waals surface area contributed by atoms with Crippen LogP contribution in [0.1, 0.15) is 51.3 Å². The molecule has 1 amide bonds. The third-order valence-electron chi connectivity index (χ3n) is 4.08. The molecule has 0 saturated carbocycles. The summed E-state index contributed by atoms with van der Waals surface area (Å²) in [5, 5.41) is 6.45. The highest BCUT2D eigenvalue weighted by molar-refractivity contribution is 5.77. The van der Waals surface area contributed by atoms with Crippen LogP contribution in [0.25, 0.3) is 0 Å². The molecule has 24 heavy (non-hydrogen) atoms. The summed E-state index contributed by atoms with van der Waals surface area (Å²) in [7, 11) is 0. The highest BCUT2D eigenvalue weighted by Crippen LogP contribution is 2.29. The Morgan fingerprint density at radius 2 is 1.62 bits per heavy atom. The first-order valence-electron chi connectivity index (χ1n) is 8.55.